The van der Waals surface area contributed by atoms with Crippen LogP contribution in [-0.2, 0) is 14.8 Å². The first-order valence-electron chi connectivity index (χ1n) is 8.40. The highest BCUT2D eigenvalue weighted by Crippen LogP contribution is 2.34. The zero-order valence-electron chi connectivity index (χ0n) is 14.8. The highest BCUT2D eigenvalue weighted by Gasteiger charge is 2.30. The summed E-state index contributed by atoms with van der Waals surface area (Å²) in [5.41, 5.74) is 2.38. The standard InChI is InChI=1S/C19H22N2O4S/c1-14-7-3-6-10-18(14)25-13-19(22)20-16-11-12-21(26(2,23)24)17-9-5-4-8-15(16)17/h3-10,16H,11-13H2,1-2H3,(H,20,22). The molecule has 0 saturated carbocycles. The summed E-state index contributed by atoms with van der Waals surface area (Å²) >= 11 is 0. The third-order valence-electron chi connectivity index (χ3n) is 4.39. The van der Waals surface area contributed by atoms with Gasteiger partial charge in [0.2, 0.25) is 10.0 Å². The number of nitrogens with zero attached hydrogens (tertiary/aromatic N) is 1. The van der Waals surface area contributed by atoms with E-state index in [4.69, 9.17) is 4.74 Å². The Morgan fingerprint density at radius 2 is 1.88 bits per heavy atom. The van der Waals surface area contributed by atoms with Crippen molar-refractivity contribution in [2.24, 2.45) is 0 Å². The number of carbonyl (C=O) groups excluding carboxylic acids is 1. The van der Waals surface area contributed by atoms with E-state index in [9.17, 15) is 13.2 Å². The van der Waals surface area contributed by atoms with Gasteiger partial charge in [0, 0.05) is 6.54 Å². The molecule has 6 nitrogen and oxygen atoms in total. The molecular formula is C19H22N2O4S. The van der Waals surface area contributed by atoms with Crippen LogP contribution in [0, 0.1) is 6.92 Å². The van der Waals surface area contributed by atoms with E-state index in [0.717, 1.165) is 11.1 Å². The molecule has 3 rings (SSSR count). The molecule has 0 spiro atoms. The van der Waals surface area contributed by atoms with Gasteiger partial charge in [0.05, 0.1) is 18.0 Å². The molecule has 26 heavy (non-hydrogen) atoms. The minimum absolute atomic E-state index is 0.0840. The Kier molecular flexibility index (Phi) is 5.18. The van der Waals surface area contributed by atoms with Crippen LogP contribution in [0.4, 0.5) is 5.69 Å². The van der Waals surface area contributed by atoms with Gasteiger partial charge in [0.25, 0.3) is 5.91 Å². The van der Waals surface area contributed by atoms with Gasteiger partial charge in [0.15, 0.2) is 6.61 Å². The maximum Gasteiger partial charge on any atom is 0.258 e. The Morgan fingerprint density at radius 1 is 1.19 bits per heavy atom. The van der Waals surface area contributed by atoms with Gasteiger partial charge in [-0.25, -0.2) is 8.42 Å². The fourth-order valence-electron chi connectivity index (χ4n) is 3.12. The maximum absolute atomic E-state index is 12.3. The number of anilines is 1. The third-order valence-corrected chi connectivity index (χ3v) is 5.57. The molecule has 0 fully saturated rings. The van der Waals surface area contributed by atoms with E-state index in [-0.39, 0.29) is 18.6 Å². The Bertz CT molecular complexity index is 911. The predicted octanol–water partition coefficient (Wildman–Crippen LogP) is 2.40. The van der Waals surface area contributed by atoms with Gasteiger partial charge in [-0.05, 0) is 36.6 Å². The van der Waals surface area contributed by atoms with Crippen molar-refractivity contribution in [1.29, 1.82) is 0 Å². The average molecular weight is 374 g/mol. The Morgan fingerprint density at radius 3 is 2.62 bits per heavy atom. The number of fused-ring (bicyclic) bond motifs is 1. The zero-order valence-corrected chi connectivity index (χ0v) is 15.6. The number of nitrogens with one attached hydrogen (secondary N) is 1. The van der Waals surface area contributed by atoms with Crippen molar-refractivity contribution >= 4 is 21.6 Å². The van der Waals surface area contributed by atoms with Crippen LogP contribution in [0.25, 0.3) is 0 Å². The van der Waals surface area contributed by atoms with Crippen molar-refractivity contribution < 1.29 is 17.9 Å². The van der Waals surface area contributed by atoms with E-state index in [1.807, 2.05) is 43.3 Å². The van der Waals surface area contributed by atoms with Crippen molar-refractivity contribution in [3.63, 3.8) is 0 Å². The second-order valence-corrected chi connectivity index (χ2v) is 8.26. The van der Waals surface area contributed by atoms with E-state index in [1.165, 1.54) is 10.6 Å². The van der Waals surface area contributed by atoms with Gasteiger partial charge in [-0.3, -0.25) is 9.10 Å². The lowest BCUT2D eigenvalue weighted by molar-refractivity contribution is -0.123. The largest absolute Gasteiger partial charge is 0.484 e. The number of para-hydroxylation sites is 2. The number of hydrogen-bond donors (Lipinski definition) is 1. The smallest absolute Gasteiger partial charge is 0.258 e. The lowest BCUT2D eigenvalue weighted by atomic mass is 9.98. The summed E-state index contributed by atoms with van der Waals surface area (Å²) < 4.78 is 30.9. The van der Waals surface area contributed by atoms with Crippen LogP contribution in [0.5, 0.6) is 5.75 Å². The van der Waals surface area contributed by atoms with Crippen LogP contribution in [0.3, 0.4) is 0 Å². The van der Waals surface area contributed by atoms with Gasteiger partial charge in [-0.15, -0.1) is 0 Å². The maximum atomic E-state index is 12.3. The molecular weight excluding hydrogens is 352 g/mol. The second kappa shape index (κ2) is 7.37. The number of carbonyl (C=O) groups is 1. The monoisotopic (exact) mass is 374 g/mol. The van der Waals surface area contributed by atoms with Crippen LogP contribution in [-0.4, -0.2) is 33.7 Å². The van der Waals surface area contributed by atoms with Crippen molar-refractivity contribution in [3.05, 3.63) is 59.7 Å². The molecule has 1 N–H and O–H groups in total. The number of benzene rings is 2. The first-order chi connectivity index (χ1) is 12.4. The van der Waals surface area contributed by atoms with Crippen molar-refractivity contribution in [2.45, 2.75) is 19.4 Å². The molecule has 1 atom stereocenters. The lowest BCUT2D eigenvalue weighted by Crippen LogP contribution is -2.41. The summed E-state index contributed by atoms with van der Waals surface area (Å²) in [6.07, 6.45) is 1.71. The van der Waals surface area contributed by atoms with Gasteiger partial charge in [-0.2, -0.15) is 0 Å². The average Bonchev–Trinajstić information content (AvgIpc) is 2.60. The molecule has 0 aromatic heterocycles. The zero-order chi connectivity index (χ0) is 18.7. The van der Waals surface area contributed by atoms with Crippen LogP contribution in [0.2, 0.25) is 0 Å². The fourth-order valence-corrected chi connectivity index (χ4v) is 4.08. The summed E-state index contributed by atoms with van der Waals surface area (Å²) in [4.78, 5) is 12.3. The summed E-state index contributed by atoms with van der Waals surface area (Å²) in [5, 5.41) is 2.95. The summed E-state index contributed by atoms with van der Waals surface area (Å²) in [6.45, 7) is 2.17. The van der Waals surface area contributed by atoms with Crippen molar-refractivity contribution in [3.8, 4) is 5.75 Å². The van der Waals surface area contributed by atoms with Gasteiger partial charge in [-0.1, -0.05) is 36.4 Å². The van der Waals surface area contributed by atoms with Crippen LogP contribution < -0.4 is 14.4 Å². The van der Waals surface area contributed by atoms with E-state index < -0.39 is 10.0 Å². The molecule has 1 heterocycles. The second-order valence-electron chi connectivity index (χ2n) is 6.36. The first-order valence-corrected chi connectivity index (χ1v) is 10.3. The summed E-state index contributed by atoms with van der Waals surface area (Å²) in [7, 11) is -3.35. The number of ether oxygens (including phenoxy) is 1. The highest BCUT2D eigenvalue weighted by molar-refractivity contribution is 7.92. The van der Waals surface area contributed by atoms with Crippen LogP contribution in [0.15, 0.2) is 48.5 Å². The third kappa shape index (κ3) is 3.99. The lowest BCUT2D eigenvalue weighted by Gasteiger charge is -2.34. The van der Waals surface area contributed by atoms with Crippen molar-refractivity contribution in [1.82, 2.24) is 5.32 Å². The highest BCUT2D eigenvalue weighted by atomic mass is 32.2. The van der Waals surface area contributed by atoms with E-state index in [2.05, 4.69) is 5.32 Å². The van der Waals surface area contributed by atoms with E-state index in [1.54, 1.807) is 12.1 Å². The normalized spacial score (nSPS) is 16.7. The molecule has 1 aliphatic rings. The van der Waals surface area contributed by atoms with Crippen LogP contribution in [0.1, 0.15) is 23.6 Å². The number of hydrogen-bond acceptors (Lipinski definition) is 4. The first kappa shape index (κ1) is 18.3. The van der Waals surface area contributed by atoms with Crippen molar-refractivity contribution in [2.75, 3.05) is 23.7 Å². The molecule has 138 valence electrons. The molecule has 0 aliphatic carbocycles. The molecule has 2 aromatic rings. The van der Waals surface area contributed by atoms with E-state index >= 15 is 0 Å². The number of sulfonamides is 1. The summed E-state index contributed by atoms with van der Waals surface area (Å²) in [5.74, 6) is 0.441. The van der Waals surface area contributed by atoms with E-state index in [0.29, 0.717) is 24.4 Å². The predicted molar refractivity (Wildman–Crippen MR) is 101 cm³/mol. The minimum atomic E-state index is -3.35. The number of aryl methyl sites for hydroxylation is 1. The van der Waals surface area contributed by atoms with Gasteiger partial charge >= 0.3 is 0 Å². The fraction of sp³-hybridized carbons (Fsp3) is 0.316. The number of rotatable bonds is 5. The Balaban J connectivity index is 1.70. The molecule has 1 amide bonds. The SMILES string of the molecule is Cc1ccccc1OCC(=O)NC1CCN(S(C)(=O)=O)c2ccccc21. The molecule has 0 radical (unpaired) electrons. The molecule has 1 aliphatic heterocycles. The molecule has 7 heteroatoms. The molecule has 0 bridgehead atoms. The van der Waals surface area contributed by atoms with Gasteiger partial charge < -0.3 is 10.1 Å². The van der Waals surface area contributed by atoms with Crippen LogP contribution >= 0.6 is 0 Å². The Hall–Kier alpha value is -2.54. The minimum Gasteiger partial charge on any atom is -0.484 e. The summed E-state index contributed by atoms with van der Waals surface area (Å²) in [6, 6.07) is 14.5. The Labute approximate surface area is 153 Å². The number of amides is 1. The van der Waals surface area contributed by atoms with Gasteiger partial charge in [0.1, 0.15) is 5.75 Å². The molecule has 1 unspecified atom stereocenters. The quantitative estimate of drug-likeness (QED) is 0.872. The topological polar surface area (TPSA) is 75.7 Å². The molecule has 2 aromatic carbocycles. The molecule has 0 saturated heterocycles.